The average molecular weight is 294 g/mol. The van der Waals surface area contributed by atoms with Crippen LogP contribution < -0.4 is 10.1 Å². The fourth-order valence-electron chi connectivity index (χ4n) is 2.79. The monoisotopic (exact) mass is 294 g/mol. The quantitative estimate of drug-likeness (QED) is 0.794. The minimum Gasteiger partial charge on any atom is -0.270 e. The zero-order valence-electron chi connectivity index (χ0n) is 12.3. The molecule has 0 radical (unpaired) electrons. The molecule has 0 aliphatic carbocycles. The minimum atomic E-state index is -0.00563. The predicted molar refractivity (Wildman–Crippen MR) is 86.5 cm³/mol. The number of nitrogens with zero attached hydrogens (tertiary/aromatic N) is 2. The summed E-state index contributed by atoms with van der Waals surface area (Å²) in [6, 6.07) is 20.3. The van der Waals surface area contributed by atoms with Gasteiger partial charge in [-0.3, -0.25) is 9.68 Å². The first-order valence-electron chi connectivity index (χ1n) is 7.54. The Hall–Kier alpha value is -2.30. The van der Waals surface area contributed by atoms with Crippen LogP contribution in [0.1, 0.15) is 0 Å². The van der Waals surface area contributed by atoms with Crippen LogP contribution >= 0.6 is 0 Å². The topological polar surface area (TPSA) is 24.9 Å². The smallest absolute Gasteiger partial charge is 0.134 e. The van der Waals surface area contributed by atoms with E-state index in [4.69, 9.17) is 9.68 Å². The Kier molecular flexibility index (Phi) is 3.54. The minimum absolute atomic E-state index is 0.00563. The van der Waals surface area contributed by atoms with Gasteiger partial charge >= 0.3 is 0 Å². The Labute approximate surface area is 130 Å². The highest BCUT2D eigenvalue weighted by Gasteiger charge is 2.30. The molecule has 1 atom stereocenters. The van der Waals surface area contributed by atoms with E-state index in [-0.39, 0.29) is 6.10 Å². The molecule has 2 aliphatic rings. The lowest BCUT2D eigenvalue weighted by atomic mass is 10.1. The highest BCUT2D eigenvalue weighted by atomic mass is 16.7. The maximum atomic E-state index is 6.07. The first-order valence-corrected chi connectivity index (χ1v) is 7.54. The molecule has 1 unspecified atom stereocenters. The number of para-hydroxylation sites is 2. The van der Waals surface area contributed by atoms with Gasteiger partial charge < -0.3 is 0 Å². The number of rotatable bonds is 2. The first-order chi connectivity index (χ1) is 10.9. The van der Waals surface area contributed by atoms with Gasteiger partial charge in [0, 0.05) is 0 Å². The van der Waals surface area contributed by atoms with Gasteiger partial charge in [0.2, 0.25) is 0 Å². The van der Waals surface area contributed by atoms with Gasteiger partial charge in [-0.2, -0.15) is 0 Å². The van der Waals surface area contributed by atoms with Crippen molar-refractivity contribution in [2.45, 2.75) is 6.10 Å². The molecule has 2 heterocycles. The zero-order valence-corrected chi connectivity index (χ0v) is 12.3. The van der Waals surface area contributed by atoms with Gasteiger partial charge in [0.05, 0.1) is 24.5 Å². The Morgan fingerprint density at radius 2 is 1.45 bits per heavy atom. The fraction of sp³-hybridized carbons (Fsp3) is 0.222. The highest BCUT2D eigenvalue weighted by molar-refractivity contribution is 5.48. The van der Waals surface area contributed by atoms with E-state index in [1.165, 1.54) is 5.57 Å². The summed E-state index contributed by atoms with van der Waals surface area (Å²) in [5, 5.41) is 3.86. The third-order valence-corrected chi connectivity index (χ3v) is 3.98. The first kappa shape index (κ1) is 13.4. The number of hydrogen-bond acceptors (Lipinski definition) is 4. The Bertz CT molecular complexity index is 620. The van der Waals surface area contributed by atoms with Crippen LogP contribution in [0.5, 0.6) is 0 Å². The second kappa shape index (κ2) is 5.83. The van der Waals surface area contributed by atoms with E-state index in [0.29, 0.717) is 6.61 Å². The second-order valence-electron chi connectivity index (χ2n) is 5.44. The molecule has 112 valence electrons. The molecule has 0 saturated carbocycles. The van der Waals surface area contributed by atoms with Gasteiger partial charge in [-0.1, -0.05) is 42.5 Å². The lowest BCUT2D eigenvalue weighted by molar-refractivity contribution is -0.0408. The van der Waals surface area contributed by atoms with Crippen molar-refractivity contribution in [2.24, 2.45) is 0 Å². The summed E-state index contributed by atoms with van der Waals surface area (Å²) in [6.07, 6.45) is 2.24. The fourth-order valence-corrected chi connectivity index (χ4v) is 2.79. The highest BCUT2D eigenvalue weighted by Crippen LogP contribution is 2.28. The molecule has 4 rings (SSSR count). The van der Waals surface area contributed by atoms with Crippen molar-refractivity contribution >= 4 is 11.4 Å². The van der Waals surface area contributed by atoms with Crippen LogP contribution in [0.15, 0.2) is 72.3 Å². The number of fused-ring (bicyclic) bond motifs is 1. The lowest BCUT2D eigenvalue weighted by Gasteiger charge is -2.40. The third-order valence-electron chi connectivity index (χ3n) is 3.98. The van der Waals surface area contributed by atoms with Gasteiger partial charge in [-0.15, -0.1) is 0 Å². The van der Waals surface area contributed by atoms with E-state index < -0.39 is 0 Å². The van der Waals surface area contributed by atoms with Crippen molar-refractivity contribution in [3.05, 3.63) is 72.3 Å². The summed E-state index contributed by atoms with van der Waals surface area (Å²) in [4.78, 5) is 11.9. The van der Waals surface area contributed by atoms with Gasteiger partial charge in [0.25, 0.3) is 0 Å². The van der Waals surface area contributed by atoms with Crippen LogP contribution in [0.25, 0.3) is 0 Å². The second-order valence-corrected chi connectivity index (χ2v) is 5.44. The van der Waals surface area contributed by atoms with Crippen molar-refractivity contribution in [1.29, 1.82) is 0 Å². The largest absolute Gasteiger partial charge is 0.270 e. The Morgan fingerprint density at radius 1 is 0.818 bits per heavy atom. The van der Waals surface area contributed by atoms with Crippen molar-refractivity contribution in [2.75, 3.05) is 29.8 Å². The molecule has 1 saturated heterocycles. The summed E-state index contributed by atoms with van der Waals surface area (Å²) >= 11 is 0. The number of hydrogen-bond donors (Lipinski definition) is 0. The van der Waals surface area contributed by atoms with E-state index >= 15 is 0 Å². The van der Waals surface area contributed by atoms with Crippen LogP contribution in [-0.4, -0.2) is 25.8 Å². The number of anilines is 2. The van der Waals surface area contributed by atoms with Crippen molar-refractivity contribution in [3.63, 3.8) is 0 Å². The van der Waals surface area contributed by atoms with Gasteiger partial charge in [-0.25, -0.2) is 10.1 Å². The van der Waals surface area contributed by atoms with Crippen LogP contribution in [-0.2, 0) is 9.68 Å². The van der Waals surface area contributed by atoms with Crippen molar-refractivity contribution in [1.82, 2.24) is 0 Å². The maximum absolute atomic E-state index is 6.07. The summed E-state index contributed by atoms with van der Waals surface area (Å²) in [7, 11) is 0. The van der Waals surface area contributed by atoms with Crippen LogP contribution in [0.4, 0.5) is 11.4 Å². The summed E-state index contributed by atoms with van der Waals surface area (Å²) in [5.74, 6) is 0. The molecule has 22 heavy (non-hydrogen) atoms. The zero-order chi connectivity index (χ0) is 14.8. The average Bonchev–Trinajstić information content (AvgIpc) is 2.62. The number of benzene rings is 2. The normalized spacial score (nSPS) is 21.3. The molecular weight excluding hydrogens is 276 g/mol. The molecule has 0 spiro atoms. The van der Waals surface area contributed by atoms with Gasteiger partial charge in [0.15, 0.2) is 0 Å². The molecule has 0 N–H and O–H groups in total. The van der Waals surface area contributed by atoms with Gasteiger partial charge in [0.1, 0.15) is 12.7 Å². The molecule has 0 amide bonds. The van der Waals surface area contributed by atoms with Crippen LogP contribution in [0.3, 0.4) is 0 Å². The predicted octanol–water partition coefficient (Wildman–Crippen LogP) is 3.19. The van der Waals surface area contributed by atoms with E-state index in [1.54, 1.807) is 0 Å². The standard InChI is InChI=1S/C18H18N2O2/c1-3-7-16(8-4-1)19-12-11-15-13-20(21-14-18(15)22-19)17-9-5-2-6-10-17/h1-11,18H,12-14H2. The SMILES string of the molecule is C1=C2CN(c3ccccc3)OCC2ON(c2ccccc2)C1. The Morgan fingerprint density at radius 3 is 2.14 bits per heavy atom. The van der Waals surface area contributed by atoms with Crippen molar-refractivity contribution in [3.8, 4) is 0 Å². The molecule has 4 heteroatoms. The summed E-state index contributed by atoms with van der Waals surface area (Å²) in [5.41, 5.74) is 3.43. The Balaban J connectivity index is 1.49. The third kappa shape index (κ3) is 2.58. The van der Waals surface area contributed by atoms with Gasteiger partial charge in [-0.05, 0) is 29.8 Å². The maximum Gasteiger partial charge on any atom is 0.134 e. The molecule has 0 bridgehead atoms. The van der Waals surface area contributed by atoms with Crippen molar-refractivity contribution < 1.29 is 9.68 Å². The van der Waals surface area contributed by atoms with Crippen LogP contribution in [0, 0.1) is 0 Å². The summed E-state index contributed by atoms with van der Waals surface area (Å²) in [6.45, 7) is 2.04. The molecule has 0 aromatic heterocycles. The molecular formula is C18H18N2O2. The molecule has 4 nitrogen and oxygen atoms in total. The van der Waals surface area contributed by atoms with E-state index in [1.807, 2.05) is 46.5 Å². The van der Waals surface area contributed by atoms with E-state index in [0.717, 1.165) is 24.5 Å². The molecule has 2 aliphatic heterocycles. The molecule has 2 aromatic rings. The summed E-state index contributed by atoms with van der Waals surface area (Å²) < 4.78 is 0. The molecule has 1 fully saturated rings. The van der Waals surface area contributed by atoms with E-state index in [2.05, 4.69) is 30.3 Å². The van der Waals surface area contributed by atoms with Crippen LogP contribution in [0.2, 0.25) is 0 Å². The van der Waals surface area contributed by atoms with E-state index in [9.17, 15) is 0 Å². The lowest BCUT2D eigenvalue weighted by Crippen LogP contribution is -2.47. The number of hydroxylamine groups is 2. The molecule has 2 aromatic carbocycles.